The molecule has 0 bridgehead atoms. The summed E-state index contributed by atoms with van der Waals surface area (Å²) in [6.07, 6.45) is 8.38. The van der Waals surface area contributed by atoms with E-state index >= 15 is 0 Å². The topological polar surface area (TPSA) is 32.8 Å². The minimum Gasteiger partial charge on any atom is -0.374 e. The fourth-order valence-corrected chi connectivity index (χ4v) is 4.35. The van der Waals surface area contributed by atoms with Crippen LogP contribution in [0.2, 0.25) is 0 Å². The van der Waals surface area contributed by atoms with E-state index in [-0.39, 0.29) is 0 Å². The highest BCUT2D eigenvalue weighted by Crippen LogP contribution is 2.32. The third-order valence-electron chi connectivity index (χ3n) is 5.51. The standard InChI is InChI=1S/C17H30N2O2/c1-18-10-11-21-14(12-18)13-19-9-5-4-7-16(19)15-6-2-3-8-17(15)20/h14-16H,2-13H2,1H3. The van der Waals surface area contributed by atoms with Gasteiger partial charge in [-0.05, 0) is 39.3 Å². The highest BCUT2D eigenvalue weighted by Gasteiger charge is 2.36. The smallest absolute Gasteiger partial charge is 0.137 e. The summed E-state index contributed by atoms with van der Waals surface area (Å²) in [4.78, 5) is 17.3. The van der Waals surface area contributed by atoms with Crippen LogP contribution in [0.15, 0.2) is 0 Å². The number of carbonyl (C=O) groups excluding carboxylic acids is 1. The number of morpholine rings is 1. The highest BCUT2D eigenvalue weighted by atomic mass is 16.5. The van der Waals surface area contributed by atoms with Crippen molar-refractivity contribution in [3.8, 4) is 0 Å². The number of likely N-dealkylation sites (N-methyl/N-ethyl adjacent to an activating group) is 1. The Hall–Kier alpha value is -0.450. The average molecular weight is 294 g/mol. The van der Waals surface area contributed by atoms with Crippen molar-refractivity contribution in [2.24, 2.45) is 5.92 Å². The molecule has 1 aliphatic carbocycles. The largest absolute Gasteiger partial charge is 0.374 e. The third-order valence-corrected chi connectivity index (χ3v) is 5.51. The molecule has 4 nitrogen and oxygen atoms in total. The second-order valence-electron chi connectivity index (χ2n) is 7.13. The molecule has 0 radical (unpaired) electrons. The minimum absolute atomic E-state index is 0.306. The SMILES string of the molecule is CN1CCOC(CN2CCCCC2C2CCCCC2=O)C1. The van der Waals surface area contributed by atoms with Gasteiger partial charge >= 0.3 is 0 Å². The second-order valence-corrected chi connectivity index (χ2v) is 7.13. The van der Waals surface area contributed by atoms with E-state index in [1.807, 2.05) is 0 Å². The van der Waals surface area contributed by atoms with Crippen molar-refractivity contribution in [1.29, 1.82) is 0 Å². The molecule has 3 rings (SSSR count). The maximum Gasteiger partial charge on any atom is 0.137 e. The van der Waals surface area contributed by atoms with Crippen molar-refractivity contribution in [1.82, 2.24) is 9.80 Å². The van der Waals surface area contributed by atoms with Crippen molar-refractivity contribution in [2.75, 3.05) is 39.8 Å². The minimum atomic E-state index is 0.306. The first kappa shape index (κ1) is 15.4. The van der Waals surface area contributed by atoms with Crippen LogP contribution in [0.5, 0.6) is 0 Å². The molecular formula is C17H30N2O2. The van der Waals surface area contributed by atoms with Crippen LogP contribution in [-0.2, 0) is 9.53 Å². The lowest BCUT2D eigenvalue weighted by Crippen LogP contribution is -2.53. The molecule has 0 N–H and O–H groups in total. The molecule has 3 unspecified atom stereocenters. The number of rotatable bonds is 3. The molecule has 0 aromatic carbocycles. The first-order valence-corrected chi connectivity index (χ1v) is 8.81. The zero-order valence-corrected chi connectivity index (χ0v) is 13.4. The first-order valence-electron chi connectivity index (χ1n) is 8.81. The fraction of sp³-hybridized carbons (Fsp3) is 0.941. The summed E-state index contributed by atoms with van der Waals surface area (Å²) in [5.74, 6) is 0.834. The molecule has 1 saturated carbocycles. The molecule has 2 heterocycles. The molecule has 21 heavy (non-hydrogen) atoms. The molecule has 3 aliphatic rings. The van der Waals surface area contributed by atoms with Crippen molar-refractivity contribution >= 4 is 5.78 Å². The second kappa shape index (κ2) is 7.21. The van der Waals surface area contributed by atoms with Crippen LogP contribution in [0.1, 0.15) is 44.9 Å². The Bertz CT molecular complexity index is 361. The van der Waals surface area contributed by atoms with Crippen molar-refractivity contribution < 1.29 is 9.53 Å². The van der Waals surface area contributed by atoms with Crippen molar-refractivity contribution in [2.45, 2.75) is 57.1 Å². The summed E-state index contributed by atoms with van der Waals surface area (Å²) in [6, 6.07) is 0.488. The lowest BCUT2D eigenvalue weighted by molar-refractivity contribution is -0.128. The Labute approximate surface area is 128 Å². The van der Waals surface area contributed by atoms with E-state index < -0.39 is 0 Å². The number of nitrogens with zero attached hydrogens (tertiary/aromatic N) is 2. The predicted octanol–water partition coefficient (Wildman–Crippen LogP) is 1.93. The van der Waals surface area contributed by atoms with Gasteiger partial charge in [0.1, 0.15) is 5.78 Å². The van der Waals surface area contributed by atoms with Crippen LogP contribution in [0.25, 0.3) is 0 Å². The van der Waals surface area contributed by atoms with E-state index in [0.29, 0.717) is 23.8 Å². The number of ketones is 1. The maximum atomic E-state index is 12.3. The Morgan fingerprint density at radius 3 is 2.81 bits per heavy atom. The molecule has 0 aromatic heterocycles. The molecule has 0 amide bonds. The predicted molar refractivity (Wildman–Crippen MR) is 83.4 cm³/mol. The Kier molecular flexibility index (Phi) is 5.30. The number of hydrogen-bond donors (Lipinski definition) is 0. The fourth-order valence-electron chi connectivity index (χ4n) is 4.35. The van der Waals surface area contributed by atoms with E-state index in [9.17, 15) is 4.79 Å². The van der Waals surface area contributed by atoms with Gasteiger partial charge in [0.2, 0.25) is 0 Å². The van der Waals surface area contributed by atoms with Gasteiger partial charge < -0.3 is 9.64 Å². The lowest BCUT2D eigenvalue weighted by Gasteiger charge is -2.43. The number of hydrogen-bond acceptors (Lipinski definition) is 4. The van der Waals surface area contributed by atoms with E-state index in [4.69, 9.17) is 4.74 Å². The van der Waals surface area contributed by atoms with E-state index in [0.717, 1.165) is 52.0 Å². The van der Waals surface area contributed by atoms with Crippen LogP contribution in [0.3, 0.4) is 0 Å². The molecule has 3 fully saturated rings. The van der Waals surface area contributed by atoms with Crippen LogP contribution in [-0.4, -0.2) is 67.6 Å². The maximum absolute atomic E-state index is 12.3. The molecule has 120 valence electrons. The molecule has 2 saturated heterocycles. The molecule has 0 aromatic rings. The summed E-state index contributed by atoms with van der Waals surface area (Å²) in [5, 5.41) is 0. The van der Waals surface area contributed by atoms with E-state index in [1.165, 1.54) is 25.7 Å². The van der Waals surface area contributed by atoms with Crippen LogP contribution >= 0.6 is 0 Å². The third kappa shape index (κ3) is 3.85. The van der Waals surface area contributed by atoms with Gasteiger partial charge in [-0.1, -0.05) is 12.8 Å². The number of likely N-dealkylation sites (tertiary alicyclic amines) is 1. The van der Waals surface area contributed by atoms with Crippen LogP contribution in [0, 0.1) is 5.92 Å². The van der Waals surface area contributed by atoms with E-state index in [2.05, 4.69) is 16.8 Å². The summed E-state index contributed by atoms with van der Waals surface area (Å²) in [6.45, 7) is 5.09. The average Bonchev–Trinajstić information content (AvgIpc) is 2.49. The number of carbonyl (C=O) groups is 1. The van der Waals surface area contributed by atoms with Gasteiger partial charge in [-0.2, -0.15) is 0 Å². The highest BCUT2D eigenvalue weighted by molar-refractivity contribution is 5.82. The molecule has 3 atom stereocenters. The van der Waals surface area contributed by atoms with Gasteiger partial charge in [-0.15, -0.1) is 0 Å². The quantitative estimate of drug-likeness (QED) is 0.796. The zero-order valence-electron chi connectivity index (χ0n) is 13.4. The number of ether oxygens (including phenoxy) is 1. The molecule has 4 heteroatoms. The molecule has 0 spiro atoms. The lowest BCUT2D eigenvalue weighted by atomic mass is 9.79. The number of piperidine rings is 1. The van der Waals surface area contributed by atoms with Gasteiger partial charge in [0.15, 0.2) is 0 Å². The van der Waals surface area contributed by atoms with Gasteiger partial charge in [-0.3, -0.25) is 9.69 Å². The summed E-state index contributed by atoms with van der Waals surface area (Å²) < 4.78 is 5.95. The summed E-state index contributed by atoms with van der Waals surface area (Å²) >= 11 is 0. The molecular weight excluding hydrogens is 264 g/mol. The van der Waals surface area contributed by atoms with E-state index in [1.54, 1.807) is 0 Å². The van der Waals surface area contributed by atoms with Crippen molar-refractivity contribution in [3.05, 3.63) is 0 Å². The zero-order chi connectivity index (χ0) is 14.7. The van der Waals surface area contributed by atoms with Gasteiger partial charge in [-0.25, -0.2) is 0 Å². The number of Topliss-reactive ketones (excluding diaryl/α,β-unsaturated/α-hetero) is 1. The Balaban J connectivity index is 1.62. The Morgan fingerprint density at radius 1 is 1.14 bits per heavy atom. The van der Waals surface area contributed by atoms with Crippen molar-refractivity contribution in [3.63, 3.8) is 0 Å². The van der Waals surface area contributed by atoms with Gasteiger partial charge in [0, 0.05) is 38.0 Å². The normalized spacial score (nSPS) is 36.8. The summed E-state index contributed by atoms with van der Waals surface area (Å²) in [5.41, 5.74) is 0. The summed E-state index contributed by atoms with van der Waals surface area (Å²) in [7, 11) is 2.17. The van der Waals surface area contributed by atoms with Crippen LogP contribution < -0.4 is 0 Å². The van der Waals surface area contributed by atoms with Gasteiger partial charge in [0.25, 0.3) is 0 Å². The Morgan fingerprint density at radius 2 is 2.00 bits per heavy atom. The van der Waals surface area contributed by atoms with Gasteiger partial charge in [0.05, 0.1) is 12.7 Å². The molecule has 2 aliphatic heterocycles. The van der Waals surface area contributed by atoms with Crippen LogP contribution in [0.4, 0.5) is 0 Å². The monoisotopic (exact) mass is 294 g/mol. The first-order chi connectivity index (χ1) is 10.2.